The molecule has 1 fully saturated rings. The molecule has 1 aliphatic rings. The van der Waals surface area contributed by atoms with Crippen LogP contribution in [0.15, 0.2) is 48.8 Å². The van der Waals surface area contributed by atoms with Gasteiger partial charge in [0.05, 0.1) is 20.1 Å². The fraction of sp³-hybridized carbons (Fsp3) is 0.300. The molecule has 1 aliphatic heterocycles. The predicted molar refractivity (Wildman–Crippen MR) is 101 cm³/mol. The van der Waals surface area contributed by atoms with Gasteiger partial charge in [-0.1, -0.05) is 12.1 Å². The Bertz CT molecular complexity index is 839. The van der Waals surface area contributed by atoms with Gasteiger partial charge in [0.2, 0.25) is 5.91 Å². The zero-order valence-corrected chi connectivity index (χ0v) is 15.6. The molecule has 2 aromatic rings. The van der Waals surface area contributed by atoms with Crippen molar-refractivity contribution in [2.24, 2.45) is 0 Å². The fourth-order valence-electron chi connectivity index (χ4n) is 2.93. The van der Waals surface area contributed by atoms with Crippen LogP contribution in [0.1, 0.15) is 17.5 Å². The highest BCUT2D eigenvalue weighted by Crippen LogP contribution is 2.17. The van der Waals surface area contributed by atoms with Gasteiger partial charge in [-0.05, 0) is 41.8 Å². The molecule has 3 rings (SSSR count). The Balaban J connectivity index is 1.49. The second-order valence-electron chi connectivity index (χ2n) is 6.43. The number of rotatable bonds is 8. The number of urea groups is 1. The standard InChI is InChI=1S/C20H22N4O4/c1-28-16-4-2-15(3-5-16)13-24-19(26)17(23-20(24)27)12-18(25)22-11-8-14-6-9-21-10-7-14/h2-7,9-10,17H,8,11-13H2,1H3,(H,22,25)(H,23,27)/t17-/m0/s1. The van der Waals surface area contributed by atoms with E-state index in [-0.39, 0.29) is 18.9 Å². The van der Waals surface area contributed by atoms with E-state index in [0.717, 1.165) is 16.0 Å². The fourth-order valence-corrected chi connectivity index (χ4v) is 2.93. The third-order valence-electron chi connectivity index (χ3n) is 4.48. The summed E-state index contributed by atoms with van der Waals surface area (Å²) in [4.78, 5) is 41.8. The highest BCUT2D eigenvalue weighted by atomic mass is 16.5. The lowest BCUT2D eigenvalue weighted by Crippen LogP contribution is -2.37. The van der Waals surface area contributed by atoms with Gasteiger partial charge in [-0.2, -0.15) is 0 Å². The second-order valence-corrected chi connectivity index (χ2v) is 6.43. The first-order valence-corrected chi connectivity index (χ1v) is 8.97. The third kappa shape index (κ3) is 4.85. The zero-order chi connectivity index (χ0) is 19.9. The van der Waals surface area contributed by atoms with E-state index in [2.05, 4.69) is 15.6 Å². The molecule has 1 atom stereocenters. The van der Waals surface area contributed by atoms with E-state index in [1.807, 2.05) is 12.1 Å². The largest absolute Gasteiger partial charge is 0.497 e. The maximum atomic E-state index is 12.5. The Labute approximate surface area is 162 Å². The second kappa shape index (κ2) is 8.98. The number of benzene rings is 1. The summed E-state index contributed by atoms with van der Waals surface area (Å²) < 4.78 is 5.10. The molecule has 2 heterocycles. The predicted octanol–water partition coefficient (Wildman–Crippen LogP) is 1.26. The first-order valence-electron chi connectivity index (χ1n) is 8.97. The normalized spacial score (nSPS) is 16.0. The number of aromatic nitrogens is 1. The summed E-state index contributed by atoms with van der Waals surface area (Å²) in [6.07, 6.45) is 3.98. The molecule has 8 heteroatoms. The van der Waals surface area contributed by atoms with E-state index in [9.17, 15) is 14.4 Å². The summed E-state index contributed by atoms with van der Waals surface area (Å²) >= 11 is 0. The molecule has 146 valence electrons. The summed E-state index contributed by atoms with van der Waals surface area (Å²) in [5.41, 5.74) is 1.86. The maximum Gasteiger partial charge on any atom is 0.325 e. The van der Waals surface area contributed by atoms with Gasteiger partial charge in [0.25, 0.3) is 5.91 Å². The van der Waals surface area contributed by atoms with Gasteiger partial charge in [-0.15, -0.1) is 0 Å². The number of nitrogens with zero attached hydrogens (tertiary/aromatic N) is 2. The minimum Gasteiger partial charge on any atom is -0.497 e. The van der Waals surface area contributed by atoms with Gasteiger partial charge in [0.15, 0.2) is 0 Å². The molecule has 2 N–H and O–H groups in total. The molecule has 0 saturated carbocycles. The van der Waals surface area contributed by atoms with E-state index in [1.54, 1.807) is 43.8 Å². The average molecular weight is 382 g/mol. The van der Waals surface area contributed by atoms with E-state index in [4.69, 9.17) is 4.74 Å². The topological polar surface area (TPSA) is 101 Å². The molecule has 0 aliphatic carbocycles. The van der Waals surface area contributed by atoms with E-state index >= 15 is 0 Å². The van der Waals surface area contributed by atoms with Crippen molar-refractivity contribution in [3.05, 3.63) is 59.9 Å². The van der Waals surface area contributed by atoms with Crippen molar-refractivity contribution in [1.29, 1.82) is 0 Å². The molecule has 1 saturated heterocycles. The van der Waals surface area contributed by atoms with Crippen LogP contribution >= 0.6 is 0 Å². The van der Waals surface area contributed by atoms with Crippen molar-refractivity contribution in [3.8, 4) is 5.75 Å². The molecule has 0 radical (unpaired) electrons. The van der Waals surface area contributed by atoms with Crippen LogP contribution in [0.2, 0.25) is 0 Å². The van der Waals surface area contributed by atoms with Gasteiger partial charge in [-0.3, -0.25) is 19.5 Å². The lowest BCUT2D eigenvalue weighted by atomic mass is 10.1. The van der Waals surface area contributed by atoms with Gasteiger partial charge in [-0.25, -0.2) is 4.79 Å². The van der Waals surface area contributed by atoms with Crippen LogP contribution < -0.4 is 15.4 Å². The first-order chi connectivity index (χ1) is 13.6. The zero-order valence-electron chi connectivity index (χ0n) is 15.6. The maximum absolute atomic E-state index is 12.5. The number of ether oxygens (including phenoxy) is 1. The van der Waals surface area contributed by atoms with Crippen LogP contribution in [0.3, 0.4) is 0 Å². The van der Waals surface area contributed by atoms with Gasteiger partial charge < -0.3 is 15.4 Å². The lowest BCUT2D eigenvalue weighted by Gasteiger charge is -2.13. The summed E-state index contributed by atoms with van der Waals surface area (Å²) in [6, 6.07) is 9.54. The minimum atomic E-state index is -0.841. The van der Waals surface area contributed by atoms with Crippen molar-refractivity contribution in [3.63, 3.8) is 0 Å². The van der Waals surface area contributed by atoms with Crippen LogP contribution in [-0.4, -0.2) is 47.4 Å². The van der Waals surface area contributed by atoms with Gasteiger partial charge >= 0.3 is 6.03 Å². The molecule has 8 nitrogen and oxygen atoms in total. The number of hydrogen-bond acceptors (Lipinski definition) is 5. The van der Waals surface area contributed by atoms with Crippen molar-refractivity contribution in [1.82, 2.24) is 20.5 Å². The highest BCUT2D eigenvalue weighted by Gasteiger charge is 2.38. The Morgan fingerprint density at radius 1 is 1.14 bits per heavy atom. The van der Waals surface area contributed by atoms with E-state index in [0.29, 0.717) is 18.7 Å². The molecule has 0 spiro atoms. The number of imide groups is 1. The molecule has 28 heavy (non-hydrogen) atoms. The third-order valence-corrected chi connectivity index (χ3v) is 4.48. The minimum absolute atomic E-state index is 0.0833. The summed E-state index contributed by atoms with van der Waals surface area (Å²) in [5.74, 6) is 0.0198. The number of hydrogen-bond donors (Lipinski definition) is 2. The quantitative estimate of drug-likeness (QED) is 0.670. The van der Waals surface area contributed by atoms with Gasteiger partial charge in [0.1, 0.15) is 11.8 Å². The first kappa shape index (κ1) is 19.3. The smallest absolute Gasteiger partial charge is 0.325 e. The van der Waals surface area contributed by atoms with Crippen LogP contribution in [0.25, 0.3) is 0 Å². The van der Waals surface area contributed by atoms with Crippen molar-refractivity contribution in [2.45, 2.75) is 25.4 Å². The van der Waals surface area contributed by atoms with Crippen LogP contribution in [0.4, 0.5) is 4.79 Å². The van der Waals surface area contributed by atoms with Crippen molar-refractivity contribution < 1.29 is 19.1 Å². The molecule has 0 bridgehead atoms. The lowest BCUT2D eigenvalue weighted by molar-refractivity contribution is -0.131. The number of carbonyl (C=O) groups is 3. The number of methoxy groups -OCH3 is 1. The Morgan fingerprint density at radius 3 is 2.54 bits per heavy atom. The Morgan fingerprint density at radius 2 is 1.86 bits per heavy atom. The van der Waals surface area contributed by atoms with Crippen molar-refractivity contribution >= 4 is 17.8 Å². The monoisotopic (exact) mass is 382 g/mol. The van der Waals surface area contributed by atoms with E-state index < -0.39 is 18.0 Å². The van der Waals surface area contributed by atoms with Crippen molar-refractivity contribution in [2.75, 3.05) is 13.7 Å². The molecule has 1 aromatic heterocycles. The van der Waals surface area contributed by atoms with Crippen LogP contribution in [0.5, 0.6) is 5.75 Å². The summed E-state index contributed by atoms with van der Waals surface area (Å²) in [6.45, 7) is 0.599. The van der Waals surface area contributed by atoms with Crippen LogP contribution in [-0.2, 0) is 22.6 Å². The SMILES string of the molecule is COc1ccc(CN2C(=O)N[C@@H](CC(=O)NCCc3ccncc3)C2=O)cc1. The molecule has 1 aromatic carbocycles. The van der Waals surface area contributed by atoms with Crippen LogP contribution in [0, 0.1) is 0 Å². The number of amides is 4. The Hall–Kier alpha value is -3.42. The summed E-state index contributed by atoms with van der Waals surface area (Å²) in [5, 5.41) is 5.35. The molecular weight excluding hydrogens is 360 g/mol. The number of pyridine rings is 1. The molecule has 4 amide bonds. The summed E-state index contributed by atoms with van der Waals surface area (Å²) in [7, 11) is 1.57. The number of carbonyl (C=O) groups excluding carboxylic acids is 3. The molecular formula is C20H22N4O4. The molecule has 0 unspecified atom stereocenters. The van der Waals surface area contributed by atoms with E-state index in [1.165, 1.54) is 0 Å². The van der Waals surface area contributed by atoms with Gasteiger partial charge in [0, 0.05) is 18.9 Å². The number of nitrogens with one attached hydrogen (secondary N) is 2. The highest BCUT2D eigenvalue weighted by molar-refractivity contribution is 6.05. The Kier molecular flexibility index (Phi) is 6.21. The average Bonchev–Trinajstić information content (AvgIpc) is 2.96.